The molecule has 0 radical (unpaired) electrons. The fraction of sp³-hybridized carbons (Fsp3) is 0.474. The second-order valence-electron chi connectivity index (χ2n) is 8.48. The molecule has 24 heavy (non-hydrogen) atoms. The zero-order valence-corrected chi connectivity index (χ0v) is 18.5. The molecule has 128 valence electrons. The van der Waals surface area contributed by atoms with Crippen molar-refractivity contribution < 1.29 is 5.11 Å². The number of pyridine rings is 1. The van der Waals surface area contributed by atoms with Crippen LogP contribution in [-0.2, 0) is 5.60 Å². The predicted molar refractivity (Wildman–Crippen MR) is 103 cm³/mol. The van der Waals surface area contributed by atoms with Gasteiger partial charge < -0.3 is 0 Å². The Balaban J connectivity index is 2.56. The van der Waals surface area contributed by atoms with E-state index in [2.05, 4.69) is 56.9 Å². The van der Waals surface area contributed by atoms with Crippen molar-refractivity contribution in [2.24, 2.45) is 0 Å². The molecule has 0 fully saturated rings. The maximum atomic E-state index is 10.8. The summed E-state index contributed by atoms with van der Waals surface area (Å²) in [6.07, 6.45) is 1.57. The number of benzene rings is 1. The summed E-state index contributed by atoms with van der Waals surface area (Å²) in [6.45, 7) is 8.02. The number of hydrogen-bond acceptors (Lipinski definition) is 3. The van der Waals surface area contributed by atoms with E-state index in [1.807, 2.05) is 18.4 Å². The number of hydrogen-bond donors (Lipinski definition) is 1. The van der Waals surface area contributed by atoms with Gasteiger partial charge in [-0.25, -0.2) is 0 Å². The van der Waals surface area contributed by atoms with Crippen LogP contribution in [0.25, 0.3) is 16.4 Å². The van der Waals surface area contributed by atoms with Crippen molar-refractivity contribution in [2.45, 2.75) is 54.0 Å². The van der Waals surface area contributed by atoms with Gasteiger partial charge in [0.05, 0.1) is 0 Å². The van der Waals surface area contributed by atoms with Gasteiger partial charge in [0.15, 0.2) is 0 Å². The number of fused-ring (bicyclic) bond motifs is 3. The molecule has 0 atom stereocenters. The molecular formula is C19H27N3OSn. The standard InChI is InChI=1S/C16H18N3O.3CH3.Sn/c1-10(2)13-11-7-5-6-8-12(11)15-17-9-18-19(15)14(13)16(3,4)20;;;;/h6-10,20H,1-4H3;3*1H3;. The van der Waals surface area contributed by atoms with E-state index < -0.39 is 24.0 Å². The Hall–Kier alpha value is -1.14. The van der Waals surface area contributed by atoms with Gasteiger partial charge in [0.25, 0.3) is 0 Å². The second kappa shape index (κ2) is 5.70. The van der Waals surface area contributed by atoms with Gasteiger partial charge in [0, 0.05) is 0 Å². The minimum absolute atomic E-state index is 0.285. The quantitative estimate of drug-likeness (QED) is 0.642. The van der Waals surface area contributed by atoms with Gasteiger partial charge in [-0.05, 0) is 0 Å². The first-order valence-corrected chi connectivity index (χ1v) is 18.5. The van der Waals surface area contributed by atoms with Crippen LogP contribution in [0.2, 0.25) is 14.8 Å². The summed E-state index contributed by atoms with van der Waals surface area (Å²) in [6, 6.07) is 6.81. The second-order valence-corrected chi connectivity index (χ2v) is 23.0. The molecule has 0 bridgehead atoms. The summed E-state index contributed by atoms with van der Waals surface area (Å²) in [5.41, 5.74) is 1.86. The number of nitrogens with zero attached hydrogens (tertiary/aromatic N) is 3. The van der Waals surface area contributed by atoms with Crippen molar-refractivity contribution in [3.8, 4) is 0 Å². The van der Waals surface area contributed by atoms with E-state index in [0.29, 0.717) is 0 Å². The molecule has 0 aliphatic heterocycles. The molecule has 2 heterocycles. The Bertz CT molecular complexity index is 914. The average Bonchev–Trinajstić information content (AvgIpc) is 2.91. The Morgan fingerprint density at radius 1 is 1.12 bits per heavy atom. The first-order chi connectivity index (χ1) is 11.0. The fourth-order valence-electron chi connectivity index (χ4n) is 3.43. The van der Waals surface area contributed by atoms with Gasteiger partial charge >= 0.3 is 148 Å². The summed E-state index contributed by atoms with van der Waals surface area (Å²) in [5.74, 6) is 0.285. The van der Waals surface area contributed by atoms with Gasteiger partial charge in [-0.1, -0.05) is 0 Å². The molecule has 0 amide bonds. The van der Waals surface area contributed by atoms with E-state index in [0.717, 1.165) is 16.7 Å². The first-order valence-electron chi connectivity index (χ1n) is 8.54. The zero-order valence-electron chi connectivity index (χ0n) is 15.7. The molecule has 0 saturated heterocycles. The fourth-order valence-corrected chi connectivity index (χ4v) is 6.74. The average molecular weight is 432 g/mol. The van der Waals surface area contributed by atoms with E-state index in [-0.39, 0.29) is 5.92 Å². The summed E-state index contributed by atoms with van der Waals surface area (Å²) in [4.78, 5) is 11.8. The molecule has 0 unspecified atom stereocenters. The van der Waals surface area contributed by atoms with Crippen LogP contribution in [0.5, 0.6) is 0 Å². The first kappa shape index (κ1) is 17.7. The number of rotatable bonds is 3. The van der Waals surface area contributed by atoms with E-state index in [1.54, 1.807) is 6.33 Å². The van der Waals surface area contributed by atoms with Crippen LogP contribution in [0.4, 0.5) is 0 Å². The molecule has 0 aliphatic rings. The SMILES string of the molecule is CC(C)c1c(C(C)(C)O)n2ncnc2c2cc[c]([Sn]([CH3])([CH3])[CH3])cc12. The van der Waals surface area contributed by atoms with Crippen molar-refractivity contribution in [3.05, 3.63) is 35.8 Å². The third-order valence-electron chi connectivity index (χ3n) is 4.59. The molecule has 3 rings (SSSR count). The molecule has 4 nitrogen and oxygen atoms in total. The summed E-state index contributed by atoms with van der Waals surface area (Å²) >= 11 is -2.19. The van der Waals surface area contributed by atoms with E-state index >= 15 is 0 Å². The van der Waals surface area contributed by atoms with Crippen molar-refractivity contribution >= 4 is 38.4 Å². The van der Waals surface area contributed by atoms with E-state index in [9.17, 15) is 5.11 Å². The zero-order chi connectivity index (χ0) is 17.9. The van der Waals surface area contributed by atoms with E-state index in [1.165, 1.54) is 14.5 Å². The van der Waals surface area contributed by atoms with Crippen molar-refractivity contribution in [1.82, 2.24) is 14.6 Å². The van der Waals surface area contributed by atoms with Gasteiger partial charge in [0.2, 0.25) is 0 Å². The number of aliphatic hydroxyl groups is 1. The molecule has 3 aromatic rings. The van der Waals surface area contributed by atoms with Crippen LogP contribution < -0.4 is 3.58 Å². The van der Waals surface area contributed by atoms with Crippen molar-refractivity contribution in [1.29, 1.82) is 0 Å². The van der Waals surface area contributed by atoms with Crippen LogP contribution >= 0.6 is 0 Å². The van der Waals surface area contributed by atoms with Crippen LogP contribution in [0.15, 0.2) is 24.5 Å². The van der Waals surface area contributed by atoms with Crippen LogP contribution in [0, 0.1) is 0 Å². The molecule has 0 aliphatic carbocycles. The van der Waals surface area contributed by atoms with Gasteiger partial charge in [0.1, 0.15) is 0 Å². The Morgan fingerprint density at radius 3 is 2.33 bits per heavy atom. The maximum absolute atomic E-state index is 10.8. The molecule has 1 N–H and O–H groups in total. The summed E-state index contributed by atoms with van der Waals surface area (Å²) in [7, 11) is 0. The predicted octanol–water partition coefficient (Wildman–Crippen LogP) is 3.78. The normalized spacial score (nSPS) is 13.4. The molecule has 5 heteroatoms. The summed E-state index contributed by atoms with van der Waals surface area (Å²) in [5, 5.41) is 17.6. The molecule has 1 aromatic carbocycles. The minimum atomic E-state index is -2.19. The van der Waals surface area contributed by atoms with Crippen molar-refractivity contribution in [2.75, 3.05) is 0 Å². The Labute approximate surface area is 147 Å². The van der Waals surface area contributed by atoms with Crippen LogP contribution in [-0.4, -0.2) is 38.1 Å². The van der Waals surface area contributed by atoms with Gasteiger partial charge in [-0.15, -0.1) is 0 Å². The topological polar surface area (TPSA) is 50.4 Å². The van der Waals surface area contributed by atoms with E-state index in [4.69, 9.17) is 0 Å². The number of aromatic nitrogens is 3. The summed E-state index contributed by atoms with van der Waals surface area (Å²) < 4.78 is 3.31. The van der Waals surface area contributed by atoms with Gasteiger partial charge in [-0.3, -0.25) is 0 Å². The molecule has 0 saturated carbocycles. The van der Waals surface area contributed by atoms with Gasteiger partial charge in [-0.2, -0.15) is 0 Å². The van der Waals surface area contributed by atoms with Crippen LogP contribution in [0.1, 0.15) is 44.9 Å². The Morgan fingerprint density at radius 2 is 1.79 bits per heavy atom. The van der Waals surface area contributed by atoms with Crippen molar-refractivity contribution in [3.63, 3.8) is 0 Å². The monoisotopic (exact) mass is 433 g/mol. The third kappa shape index (κ3) is 2.84. The third-order valence-corrected chi connectivity index (χ3v) is 10.4. The Kier molecular flexibility index (Phi) is 4.20. The molecule has 0 spiro atoms. The molecule has 2 aromatic heterocycles. The van der Waals surface area contributed by atoms with Crippen LogP contribution in [0.3, 0.4) is 0 Å². The molecular weight excluding hydrogens is 405 g/mol.